The van der Waals surface area contributed by atoms with Gasteiger partial charge in [-0.3, -0.25) is 14.4 Å². The Morgan fingerprint density at radius 2 is 1.61 bits per heavy atom. The first-order valence-corrected chi connectivity index (χ1v) is 10.8. The van der Waals surface area contributed by atoms with Crippen molar-refractivity contribution in [1.29, 1.82) is 0 Å². The summed E-state index contributed by atoms with van der Waals surface area (Å²) in [7, 11) is 0. The standard InChI is InChI=1S/C28H23NO4/c30-26(23-13-12-22-17-21-10-4-5-11-24(21)25(22)18-23)14-15-28(32)33-19-27(31)29-16-6-9-20-7-2-1-3-8-20/h1-5,7-8,10-13,18H,14-17,19H2,(H,29,31). The molecule has 0 spiro atoms. The van der Waals surface area contributed by atoms with Crippen LogP contribution in [0.2, 0.25) is 0 Å². The quantitative estimate of drug-likeness (QED) is 0.270. The molecule has 3 aromatic carbocycles. The lowest BCUT2D eigenvalue weighted by molar-refractivity contribution is -0.148. The number of Topliss-reactive ketones (excluding diaryl/α,β-unsaturated/α-hetero) is 1. The van der Waals surface area contributed by atoms with Crippen molar-refractivity contribution in [2.45, 2.75) is 19.3 Å². The Morgan fingerprint density at radius 3 is 2.45 bits per heavy atom. The molecule has 0 bridgehead atoms. The van der Waals surface area contributed by atoms with E-state index >= 15 is 0 Å². The molecule has 4 rings (SSSR count). The number of esters is 1. The SMILES string of the molecule is O=C(COC(=O)CCC(=O)c1ccc2c(c1)-c1ccccc1C2)NCC#Cc1ccccc1. The summed E-state index contributed by atoms with van der Waals surface area (Å²) in [6.07, 6.45) is 0.823. The number of nitrogens with one attached hydrogen (secondary N) is 1. The maximum absolute atomic E-state index is 12.6. The zero-order valence-corrected chi connectivity index (χ0v) is 18.1. The molecule has 0 unspecified atom stereocenters. The fourth-order valence-electron chi connectivity index (χ4n) is 3.74. The van der Waals surface area contributed by atoms with Gasteiger partial charge in [0.05, 0.1) is 13.0 Å². The van der Waals surface area contributed by atoms with Gasteiger partial charge in [0, 0.05) is 17.5 Å². The molecule has 0 aromatic heterocycles. The molecule has 33 heavy (non-hydrogen) atoms. The number of carbonyl (C=O) groups is 3. The average molecular weight is 437 g/mol. The molecule has 1 aliphatic rings. The Hall–Kier alpha value is -4.17. The Bertz CT molecular complexity index is 1250. The predicted molar refractivity (Wildman–Crippen MR) is 126 cm³/mol. The van der Waals surface area contributed by atoms with Crippen LogP contribution in [0.4, 0.5) is 0 Å². The van der Waals surface area contributed by atoms with Crippen molar-refractivity contribution in [1.82, 2.24) is 5.32 Å². The number of benzene rings is 3. The summed E-state index contributed by atoms with van der Waals surface area (Å²) < 4.78 is 4.97. The molecule has 1 aliphatic carbocycles. The molecule has 0 aliphatic heterocycles. The topological polar surface area (TPSA) is 72.5 Å². The average Bonchev–Trinajstić information content (AvgIpc) is 3.22. The molecule has 0 saturated carbocycles. The highest BCUT2D eigenvalue weighted by molar-refractivity contribution is 5.99. The monoisotopic (exact) mass is 437 g/mol. The third-order valence-electron chi connectivity index (χ3n) is 5.42. The molecular formula is C28H23NO4. The molecule has 1 amide bonds. The van der Waals surface area contributed by atoms with Crippen LogP contribution >= 0.6 is 0 Å². The van der Waals surface area contributed by atoms with Gasteiger partial charge in [0.2, 0.25) is 0 Å². The normalized spacial score (nSPS) is 10.9. The number of ketones is 1. The molecule has 0 radical (unpaired) electrons. The lowest BCUT2D eigenvalue weighted by Gasteiger charge is -2.06. The summed E-state index contributed by atoms with van der Waals surface area (Å²) in [5.74, 6) is 4.62. The van der Waals surface area contributed by atoms with Crippen LogP contribution in [0.25, 0.3) is 11.1 Å². The van der Waals surface area contributed by atoms with Crippen molar-refractivity contribution >= 4 is 17.7 Å². The second-order valence-electron chi connectivity index (χ2n) is 7.73. The van der Waals surface area contributed by atoms with Crippen molar-refractivity contribution in [3.8, 4) is 23.0 Å². The van der Waals surface area contributed by atoms with Crippen LogP contribution in [0, 0.1) is 11.8 Å². The van der Waals surface area contributed by atoms with Gasteiger partial charge in [-0.15, -0.1) is 0 Å². The van der Waals surface area contributed by atoms with Crippen LogP contribution in [-0.4, -0.2) is 30.8 Å². The minimum atomic E-state index is -0.583. The highest BCUT2D eigenvalue weighted by Gasteiger charge is 2.20. The first-order valence-electron chi connectivity index (χ1n) is 10.8. The second-order valence-corrected chi connectivity index (χ2v) is 7.73. The zero-order valence-electron chi connectivity index (χ0n) is 18.1. The summed E-state index contributed by atoms with van der Waals surface area (Å²) in [6.45, 7) is -0.235. The van der Waals surface area contributed by atoms with Crippen molar-refractivity contribution in [3.05, 3.63) is 95.1 Å². The van der Waals surface area contributed by atoms with Gasteiger partial charge in [-0.25, -0.2) is 0 Å². The zero-order chi connectivity index (χ0) is 23.0. The van der Waals surface area contributed by atoms with E-state index in [2.05, 4.69) is 29.3 Å². The van der Waals surface area contributed by atoms with Crippen molar-refractivity contribution in [2.24, 2.45) is 0 Å². The number of fused-ring (bicyclic) bond motifs is 3. The van der Waals surface area contributed by atoms with E-state index in [9.17, 15) is 14.4 Å². The highest BCUT2D eigenvalue weighted by Crippen LogP contribution is 2.37. The van der Waals surface area contributed by atoms with Gasteiger partial charge in [-0.05, 0) is 46.9 Å². The molecule has 3 aromatic rings. The van der Waals surface area contributed by atoms with E-state index in [1.54, 1.807) is 0 Å². The molecule has 164 valence electrons. The maximum Gasteiger partial charge on any atom is 0.306 e. The molecule has 0 heterocycles. The van der Waals surface area contributed by atoms with Crippen molar-refractivity contribution < 1.29 is 19.1 Å². The van der Waals surface area contributed by atoms with Gasteiger partial charge < -0.3 is 10.1 Å². The Balaban J connectivity index is 1.20. The van der Waals surface area contributed by atoms with Crippen molar-refractivity contribution in [2.75, 3.05) is 13.2 Å². The molecule has 0 saturated heterocycles. The largest absolute Gasteiger partial charge is 0.456 e. The molecule has 1 N–H and O–H groups in total. The molecule has 5 nitrogen and oxygen atoms in total. The third-order valence-corrected chi connectivity index (χ3v) is 5.42. The fourth-order valence-corrected chi connectivity index (χ4v) is 3.74. The van der Waals surface area contributed by atoms with Gasteiger partial charge in [-0.1, -0.05) is 66.4 Å². The van der Waals surface area contributed by atoms with Crippen molar-refractivity contribution in [3.63, 3.8) is 0 Å². The van der Waals surface area contributed by atoms with Gasteiger partial charge in [0.1, 0.15) is 0 Å². The van der Waals surface area contributed by atoms with Gasteiger partial charge in [0.25, 0.3) is 5.91 Å². The van der Waals surface area contributed by atoms with Crippen LogP contribution in [-0.2, 0) is 20.7 Å². The van der Waals surface area contributed by atoms with Gasteiger partial charge in [-0.2, -0.15) is 0 Å². The van der Waals surface area contributed by atoms with E-state index in [1.807, 2.05) is 60.7 Å². The second kappa shape index (κ2) is 10.4. The van der Waals surface area contributed by atoms with E-state index in [0.29, 0.717) is 5.56 Å². The lowest BCUT2D eigenvalue weighted by Crippen LogP contribution is -2.29. The summed E-state index contributed by atoms with van der Waals surface area (Å²) in [4.78, 5) is 36.4. The minimum Gasteiger partial charge on any atom is -0.456 e. The first kappa shape index (κ1) is 22.0. The number of amides is 1. The Morgan fingerprint density at radius 1 is 0.848 bits per heavy atom. The number of hydrogen-bond donors (Lipinski definition) is 1. The molecule has 0 atom stereocenters. The highest BCUT2D eigenvalue weighted by atomic mass is 16.5. The van der Waals surface area contributed by atoms with E-state index in [4.69, 9.17) is 4.74 Å². The van der Waals surface area contributed by atoms with Crippen LogP contribution in [0.3, 0.4) is 0 Å². The van der Waals surface area contributed by atoms with E-state index < -0.39 is 18.5 Å². The number of rotatable bonds is 7. The van der Waals surface area contributed by atoms with E-state index in [1.165, 1.54) is 11.1 Å². The molecular weight excluding hydrogens is 414 g/mol. The Labute approximate surface area is 192 Å². The lowest BCUT2D eigenvalue weighted by atomic mass is 9.99. The maximum atomic E-state index is 12.6. The van der Waals surface area contributed by atoms with Gasteiger partial charge >= 0.3 is 5.97 Å². The minimum absolute atomic E-state index is 0.0312. The summed E-state index contributed by atoms with van der Waals surface area (Å²) in [6, 6.07) is 23.3. The predicted octanol–water partition coefficient (Wildman–Crippen LogP) is 3.93. The number of ether oxygens (including phenoxy) is 1. The Kier molecular flexibility index (Phi) is 6.96. The van der Waals surface area contributed by atoms with Crippen LogP contribution in [0.5, 0.6) is 0 Å². The van der Waals surface area contributed by atoms with E-state index in [-0.39, 0.29) is 25.2 Å². The smallest absolute Gasteiger partial charge is 0.306 e. The third kappa shape index (κ3) is 5.75. The van der Waals surface area contributed by atoms with Crippen LogP contribution in [0.15, 0.2) is 72.8 Å². The summed E-state index contributed by atoms with van der Waals surface area (Å²) in [5, 5.41) is 2.57. The molecule has 5 heteroatoms. The molecule has 0 fully saturated rings. The number of hydrogen-bond acceptors (Lipinski definition) is 4. The van der Waals surface area contributed by atoms with Crippen LogP contribution in [0.1, 0.15) is 39.9 Å². The van der Waals surface area contributed by atoms with Crippen LogP contribution < -0.4 is 5.32 Å². The van der Waals surface area contributed by atoms with Gasteiger partial charge in [0.15, 0.2) is 12.4 Å². The summed E-state index contributed by atoms with van der Waals surface area (Å²) in [5.41, 5.74) is 6.12. The summed E-state index contributed by atoms with van der Waals surface area (Å²) >= 11 is 0. The fraction of sp³-hybridized carbons (Fsp3) is 0.179. The number of carbonyl (C=O) groups excluding carboxylic acids is 3. The first-order chi connectivity index (χ1) is 16.1. The van der Waals surface area contributed by atoms with E-state index in [0.717, 1.165) is 23.1 Å².